The van der Waals surface area contributed by atoms with Crippen molar-refractivity contribution in [3.05, 3.63) is 65.7 Å². The molecule has 4 rings (SSSR count). The molecule has 1 heterocycles. The Kier molecular flexibility index (Phi) is 2.95. The molecule has 2 heteroatoms. The van der Waals surface area contributed by atoms with Crippen LogP contribution in [0.25, 0.3) is 21.9 Å². The molecule has 0 spiro atoms. The number of rotatable bonds is 1. The van der Waals surface area contributed by atoms with Crippen molar-refractivity contribution in [2.45, 2.75) is 26.1 Å². The van der Waals surface area contributed by atoms with Crippen molar-refractivity contribution in [1.29, 1.82) is 0 Å². The molecule has 3 aromatic carbocycles. The largest absolute Gasteiger partial charge is 0.460 e. The van der Waals surface area contributed by atoms with Crippen LogP contribution in [0.4, 0.5) is 0 Å². The predicted octanol–water partition coefficient (Wildman–Crippen LogP) is 5.01. The van der Waals surface area contributed by atoms with Gasteiger partial charge in [-0.1, -0.05) is 68.4 Å². The van der Waals surface area contributed by atoms with E-state index in [0.717, 1.165) is 33.4 Å². The maximum Gasteiger partial charge on any atom is 0.224 e. The van der Waals surface area contributed by atoms with Gasteiger partial charge in [-0.25, -0.2) is 0 Å². The highest BCUT2D eigenvalue weighted by Gasteiger charge is 2.28. The van der Waals surface area contributed by atoms with E-state index in [1.807, 2.05) is 24.3 Å². The number of hydrogen-bond acceptors (Lipinski definition) is 2. The molecule has 1 N–H and O–H groups in total. The van der Waals surface area contributed by atoms with Crippen molar-refractivity contribution >= 4 is 10.8 Å². The summed E-state index contributed by atoms with van der Waals surface area (Å²) in [6.07, 6.45) is -0.910. The van der Waals surface area contributed by atoms with Gasteiger partial charge in [0, 0.05) is 16.7 Å². The second kappa shape index (κ2) is 4.85. The molecule has 0 aliphatic carbocycles. The third-order valence-electron chi connectivity index (χ3n) is 4.39. The average Bonchev–Trinajstić information content (AvgIpc) is 2.53. The Morgan fingerprint density at radius 2 is 1.77 bits per heavy atom. The van der Waals surface area contributed by atoms with Crippen LogP contribution in [-0.2, 0) is 0 Å². The number of ether oxygens (including phenoxy) is 1. The van der Waals surface area contributed by atoms with Gasteiger partial charge in [0.2, 0.25) is 6.29 Å². The van der Waals surface area contributed by atoms with Crippen LogP contribution in [0.15, 0.2) is 54.6 Å². The Morgan fingerprint density at radius 3 is 2.59 bits per heavy atom. The van der Waals surface area contributed by atoms with E-state index in [-0.39, 0.29) is 0 Å². The second-order valence-corrected chi connectivity index (χ2v) is 6.10. The molecule has 2 nitrogen and oxygen atoms in total. The van der Waals surface area contributed by atoms with Gasteiger partial charge in [0.15, 0.2) is 0 Å². The van der Waals surface area contributed by atoms with Crippen molar-refractivity contribution in [2.75, 3.05) is 0 Å². The van der Waals surface area contributed by atoms with E-state index >= 15 is 0 Å². The van der Waals surface area contributed by atoms with Gasteiger partial charge in [-0.2, -0.15) is 0 Å². The normalized spacial score (nSPS) is 16.3. The summed E-state index contributed by atoms with van der Waals surface area (Å²) >= 11 is 0. The summed E-state index contributed by atoms with van der Waals surface area (Å²) in [5.74, 6) is 1.16. The van der Waals surface area contributed by atoms with E-state index in [2.05, 4.69) is 44.2 Å². The summed E-state index contributed by atoms with van der Waals surface area (Å²) in [4.78, 5) is 0. The van der Waals surface area contributed by atoms with Crippen molar-refractivity contribution in [3.8, 4) is 16.9 Å². The van der Waals surface area contributed by atoms with E-state index in [9.17, 15) is 5.11 Å². The van der Waals surface area contributed by atoms with Gasteiger partial charge in [-0.05, 0) is 22.3 Å². The molecule has 0 fully saturated rings. The van der Waals surface area contributed by atoms with Gasteiger partial charge in [0.25, 0.3) is 0 Å². The maximum absolute atomic E-state index is 10.5. The number of aliphatic hydroxyl groups is 1. The van der Waals surface area contributed by atoms with E-state index in [1.54, 1.807) is 0 Å². The predicted molar refractivity (Wildman–Crippen MR) is 89.1 cm³/mol. The topological polar surface area (TPSA) is 29.5 Å². The van der Waals surface area contributed by atoms with Crippen LogP contribution in [0.5, 0.6) is 5.75 Å². The molecule has 0 aromatic heterocycles. The van der Waals surface area contributed by atoms with Crippen molar-refractivity contribution in [1.82, 2.24) is 0 Å². The molecule has 1 aliphatic heterocycles. The SMILES string of the molecule is CC(C)c1cccc2c1OC(O)c1ccc3ccccc3c1-2. The van der Waals surface area contributed by atoms with Crippen LogP contribution in [0.1, 0.15) is 37.2 Å². The standard InChI is InChI=1S/C20H18O2/c1-12(2)14-8-5-9-16-18-15-7-4-3-6-13(15)10-11-17(18)20(21)22-19(14)16/h3-12,20-21H,1-2H3. The smallest absolute Gasteiger partial charge is 0.224 e. The van der Waals surface area contributed by atoms with Crippen LogP contribution >= 0.6 is 0 Å². The summed E-state index contributed by atoms with van der Waals surface area (Å²) < 4.78 is 5.86. The molecule has 110 valence electrons. The zero-order valence-electron chi connectivity index (χ0n) is 12.7. The van der Waals surface area contributed by atoms with Gasteiger partial charge in [0.05, 0.1) is 0 Å². The second-order valence-electron chi connectivity index (χ2n) is 6.10. The first-order valence-electron chi connectivity index (χ1n) is 7.66. The molecule has 0 saturated carbocycles. The fraction of sp³-hybridized carbons (Fsp3) is 0.200. The minimum atomic E-state index is -0.910. The third kappa shape index (κ3) is 1.84. The van der Waals surface area contributed by atoms with Crippen LogP contribution in [0, 0.1) is 0 Å². The third-order valence-corrected chi connectivity index (χ3v) is 4.39. The molecule has 0 amide bonds. The molecule has 22 heavy (non-hydrogen) atoms. The van der Waals surface area contributed by atoms with Gasteiger partial charge in [0.1, 0.15) is 5.75 Å². The number of aliphatic hydroxyl groups excluding tert-OH is 1. The van der Waals surface area contributed by atoms with Gasteiger partial charge < -0.3 is 9.84 Å². The number of benzene rings is 3. The highest BCUT2D eigenvalue weighted by molar-refractivity contribution is 6.00. The van der Waals surface area contributed by atoms with Crippen LogP contribution in [0.2, 0.25) is 0 Å². The van der Waals surface area contributed by atoms with E-state index in [4.69, 9.17) is 4.74 Å². The van der Waals surface area contributed by atoms with Crippen molar-refractivity contribution in [3.63, 3.8) is 0 Å². The minimum Gasteiger partial charge on any atom is -0.460 e. The zero-order chi connectivity index (χ0) is 15.3. The first-order chi connectivity index (χ1) is 10.7. The summed E-state index contributed by atoms with van der Waals surface area (Å²) in [6, 6.07) is 18.5. The fourth-order valence-electron chi connectivity index (χ4n) is 3.31. The van der Waals surface area contributed by atoms with E-state index in [0.29, 0.717) is 5.92 Å². The Labute approximate surface area is 130 Å². The molecule has 0 saturated heterocycles. The van der Waals surface area contributed by atoms with Gasteiger partial charge in [-0.3, -0.25) is 0 Å². The Balaban J connectivity index is 2.11. The summed E-state index contributed by atoms with van der Waals surface area (Å²) in [7, 11) is 0. The Bertz CT molecular complexity index is 865. The lowest BCUT2D eigenvalue weighted by molar-refractivity contribution is -0.0219. The molecule has 1 aliphatic rings. The van der Waals surface area contributed by atoms with Crippen molar-refractivity contribution in [2.24, 2.45) is 0 Å². The molecule has 1 unspecified atom stereocenters. The fourth-order valence-corrected chi connectivity index (χ4v) is 3.31. The molecule has 0 bridgehead atoms. The first kappa shape index (κ1) is 13.4. The summed E-state index contributed by atoms with van der Waals surface area (Å²) in [5.41, 5.74) is 4.14. The first-order valence-corrected chi connectivity index (χ1v) is 7.66. The maximum atomic E-state index is 10.5. The quantitative estimate of drug-likeness (QED) is 0.682. The average molecular weight is 290 g/mol. The number of hydrogen-bond donors (Lipinski definition) is 1. The van der Waals surface area contributed by atoms with Gasteiger partial charge >= 0.3 is 0 Å². The lowest BCUT2D eigenvalue weighted by Gasteiger charge is -2.29. The number of fused-ring (bicyclic) bond motifs is 5. The molecular weight excluding hydrogens is 272 g/mol. The zero-order valence-corrected chi connectivity index (χ0v) is 12.7. The van der Waals surface area contributed by atoms with E-state index in [1.165, 1.54) is 5.39 Å². The highest BCUT2D eigenvalue weighted by atomic mass is 16.6. The molecule has 0 radical (unpaired) electrons. The Morgan fingerprint density at radius 1 is 0.955 bits per heavy atom. The van der Waals surface area contributed by atoms with Crippen LogP contribution in [-0.4, -0.2) is 5.11 Å². The Hall–Kier alpha value is -2.32. The van der Waals surface area contributed by atoms with Gasteiger partial charge in [-0.15, -0.1) is 0 Å². The lowest BCUT2D eigenvalue weighted by atomic mass is 9.88. The number of para-hydroxylation sites is 1. The minimum absolute atomic E-state index is 0.346. The van der Waals surface area contributed by atoms with Crippen molar-refractivity contribution < 1.29 is 9.84 Å². The van der Waals surface area contributed by atoms with Crippen LogP contribution in [0.3, 0.4) is 0 Å². The molecule has 3 aromatic rings. The molecular formula is C20H18O2. The lowest BCUT2D eigenvalue weighted by Crippen LogP contribution is -2.15. The summed E-state index contributed by atoms with van der Waals surface area (Å²) in [5, 5.41) is 12.8. The highest BCUT2D eigenvalue weighted by Crippen LogP contribution is 2.47. The van der Waals surface area contributed by atoms with Crippen LogP contribution < -0.4 is 4.74 Å². The van der Waals surface area contributed by atoms with E-state index < -0.39 is 6.29 Å². The molecule has 1 atom stereocenters. The summed E-state index contributed by atoms with van der Waals surface area (Å²) in [6.45, 7) is 4.29. The monoisotopic (exact) mass is 290 g/mol.